The van der Waals surface area contributed by atoms with Crippen molar-refractivity contribution in [2.75, 3.05) is 18.4 Å². The average Bonchev–Trinajstić information content (AvgIpc) is 2.36. The maximum absolute atomic E-state index is 11.4. The molecular formula is C13H20N4O4. The molecule has 0 fully saturated rings. The number of nitrogens with zero attached hydrogens (tertiary/aromatic N) is 2. The van der Waals surface area contributed by atoms with Crippen LogP contribution in [0.25, 0.3) is 0 Å². The number of hydrogen-bond acceptors (Lipinski definition) is 6. The topological polar surface area (TPSA) is 106 Å². The molecule has 0 aliphatic carbocycles. The van der Waals surface area contributed by atoms with E-state index in [1.807, 2.05) is 0 Å². The summed E-state index contributed by atoms with van der Waals surface area (Å²) < 4.78 is 5.09. The highest BCUT2D eigenvalue weighted by atomic mass is 16.6. The number of amides is 1. The molecule has 8 nitrogen and oxygen atoms in total. The number of carbonyl (C=O) groups excluding carboxylic acids is 1. The van der Waals surface area contributed by atoms with Gasteiger partial charge in [-0.3, -0.25) is 10.1 Å². The summed E-state index contributed by atoms with van der Waals surface area (Å²) in [7, 11) is 0. The fraction of sp³-hybridized carbons (Fsp3) is 0.538. The van der Waals surface area contributed by atoms with Crippen LogP contribution in [0.2, 0.25) is 0 Å². The Kier molecular flexibility index (Phi) is 5.89. The molecule has 0 aromatic carbocycles. The van der Waals surface area contributed by atoms with Gasteiger partial charge in [0.1, 0.15) is 11.4 Å². The Hall–Kier alpha value is -2.38. The summed E-state index contributed by atoms with van der Waals surface area (Å²) >= 11 is 0. The number of nitrogens with one attached hydrogen (secondary N) is 2. The van der Waals surface area contributed by atoms with Crippen LogP contribution in [-0.2, 0) is 4.74 Å². The van der Waals surface area contributed by atoms with E-state index in [2.05, 4.69) is 15.6 Å². The highest BCUT2D eigenvalue weighted by Crippen LogP contribution is 2.13. The standard InChI is InChI=1S/C13H20N4O4/c1-13(2,3)21-12(18)16-7-4-6-14-11-9-10(17(19)20)5-8-15-11/h5,8-9H,4,6-7H2,1-3H3,(H,14,15)(H,16,18). The van der Waals surface area contributed by atoms with Crippen molar-refractivity contribution in [3.05, 3.63) is 28.4 Å². The van der Waals surface area contributed by atoms with Crippen molar-refractivity contribution in [2.45, 2.75) is 32.8 Å². The lowest BCUT2D eigenvalue weighted by Gasteiger charge is -2.19. The van der Waals surface area contributed by atoms with Crippen molar-refractivity contribution >= 4 is 17.6 Å². The van der Waals surface area contributed by atoms with E-state index in [0.29, 0.717) is 25.3 Å². The Bertz CT molecular complexity index is 499. The van der Waals surface area contributed by atoms with E-state index in [1.54, 1.807) is 20.8 Å². The van der Waals surface area contributed by atoms with Crippen molar-refractivity contribution in [2.24, 2.45) is 0 Å². The monoisotopic (exact) mass is 296 g/mol. The molecule has 1 aromatic rings. The van der Waals surface area contributed by atoms with Crippen LogP contribution >= 0.6 is 0 Å². The number of carbonyl (C=O) groups is 1. The first-order valence-electron chi connectivity index (χ1n) is 6.59. The highest BCUT2D eigenvalue weighted by Gasteiger charge is 2.15. The molecule has 0 spiro atoms. The highest BCUT2D eigenvalue weighted by molar-refractivity contribution is 5.67. The number of nitro groups is 1. The first kappa shape index (κ1) is 16.7. The van der Waals surface area contributed by atoms with Gasteiger partial charge in [0.05, 0.1) is 11.0 Å². The summed E-state index contributed by atoms with van der Waals surface area (Å²) in [4.78, 5) is 25.5. The van der Waals surface area contributed by atoms with Crippen molar-refractivity contribution < 1.29 is 14.5 Å². The maximum atomic E-state index is 11.4. The number of hydrogen-bond donors (Lipinski definition) is 2. The molecular weight excluding hydrogens is 276 g/mol. The third-order valence-corrected chi connectivity index (χ3v) is 2.28. The molecule has 1 heterocycles. The van der Waals surface area contributed by atoms with E-state index < -0.39 is 16.6 Å². The number of rotatable bonds is 6. The van der Waals surface area contributed by atoms with Gasteiger partial charge in [-0.25, -0.2) is 9.78 Å². The molecule has 0 saturated carbocycles. The molecule has 0 saturated heterocycles. The summed E-state index contributed by atoms with van der Waals surface area (Å²) in [6.07, 6.45) is 1.55. The van der Waals surface area contributed by atoms with Gasteiger partial charge in [0, 0.05) is 25.4 Å². The molecule has 0 radical (unpaired) electrons. The Morgan fingerprint density at radius 3 is 2.76 bits per heavy atom. The largest absolute Gasteiger partial charge is 0.444 e. The molecule has 1 amide bonds. The van der Waals surface area contributed by atoms with Gasteiger partial charge in [-0.15, -0.1) is 0 Å². The Balaban J connectivity index is 2.24. The second kappa shape index (κ2) is 7.41. The minimum Gasteiger partial charge on any atom is -0.444 e. The van der Waals surface area contributed by atoms with Gasteiger partial charge in [-0.05, 0) is 27.2 Å². The van der Waals surface area contributed by atoms with Gasteiger partial charge in [-0.2, -0.15) is 0 Å². The van der Waals surface area contributed by atoms with Crippen LogP contribution in [0.5, 0.6) is 0 Å². The predicted molar refractivity (Wildman–Crippen MR) is 78.2 cm³/mol. The van der Waals surface area contributed by atoms with E-state index >= 15 is 0 Å². The number of ether oxygens (including phenoxy) is 1. The van der Waals surface area contributed by atoms with Crippen molar-refractivity contribution in [1.29, 1.82) is 0 Å². The fourth-order valence-corrected chi connectivity index (χ4v) is 1.44. The number of aromatic nitrogens is 1. The third kappa shape index (κ3) is 7.09. The van der Waals surface area contributed by atoms with Gasteiger partial charge in [0.2, 0.25) is 0 Å². The lowest BCUT2D eigenvalue weighted by molar-refractivity contribution is -0.384. The van der Waals surface area contributed by atoms with Gasteiger partial charge in [0.25, 0.3) is 5.69 Å². The Morgan fingerprint density at radius 1 is 1.43 bits per heavy atom. The molecule has 1 rings (SSSR count). The quantitative estimate of drug-likeness (QED) is 0.474. The molecule has 0 atom stereocenters. The zero-order chi connectivity index (χ0) is 15.9. The SMILES string of the molecule is CC(C)(C)OC(=O)NCCCNc1cc([N+](=O)[O-])ccn1. The first-order valence-corrected chi connectivity index (χ1v) is 6.59. The van der Waals surface area contributed by atoms with E-state index in [1.165, 1.54) is 18.3 Å². The van der Waals surface area contributed by atoms with Crippen LogP contribution in [0.1, 0.15) is 27.2 Å². The lowest BCUT2D eigenvalue weighted by atomic mass is 10.2. The predicted octanol–water partition coefficient (Wildman–Crippen LogP) is 2.32. The van der Waals surface area contributed by atoms with Crippen LogP contribution in [0.3, 0.4) is 0 Å². The van der Waals surface area contributed by atoms with E-state index in [-0.39, 0.29) is 5.69 Å². The molecule has 21 heavy (non-hydrogen) atoms. The number of anilines is 1. The van der Waals surface area contributed by atoms with Gasteiger partial charge >= 0.3 is 6.09 Å². The third-order valence-electron chi connectivity index (χ3n) is 2.28. The van der Waals surface area contributed by atoms with Crippen molar-refractivity contribution in [3.63, 3.8) is 0 Å². The van der Waals surface area contributed by atoms with E-state index in [9.17, 15) is 14.9 Å². The lowest BCUT2D eigenvalue weighted by Crippen LogP contribution is -2.33. The fourth-order valence-electron chi connectivity index (χ4n) is 1.44. The van der Waals surface area contributed by atoms with Crippen LogP contribution in [0.15, 0.2) is 18.3 Å². The summed E-state index contributed by atoms with van der Waals surface area (Å²) in [6, 6.07) is 2.69. The normalized spacial score (nSPS) is 10.8. The summed E-state index contributed by atoms with van der Waals surface area (Å²) in [6.45, 7) is 6.35. The molecule has 0 unspecified atom stereocenters. The van der Waals surface area contributed by atoms with Crippen LogP contribution in [0.4, 0.5) is 16.3 Å². The zero-order valence-corrected chi connectivity index (χ0v) is 12.4. The maximum Gasteiger partial charge on any atom is 0.407 e. The summed E-state index contributed by atoms with van der Waals surface area (Å²) in [5.74, 6) is 0.432. The van der Waals surface area contributed by atoms with Crippen LogP contribution in [-0.4, -0.2) is 34.7 Å². The Labute approximate surface area is 123 Å². The van der Waals surface area contributed by atoms with Crippen LogP contribution in [0, 0.1) is 10.1 Å². The molecule has 116 valence electrons. The number of pyridine rings is 1. The molecule has 0 aliphatic heterocycles. The smallest absolute Gasteiger partial charge is 0.407 e. The van der Waals surface area contributed by atoms with Gasteiger partial charge in [0.15, 0.2) is 0 Å². The molecule has 8 heteroatoms. The molecule has 2 N–H and O–H groups in total. The first-order chi connectivity index (χ1) is 9.78. The van der Waals surface area contributed by atoms with Gasteiger partial charge in [-0.1, -0.05) is 0 Å². The van der Waals surface area contributed by atoms with E-state index in [0.717, 1.165) is 0 Å². The van der Waals surface area contributed by atoms with Crippen molar-refractivity contribution in [3.8, 4) is 0 Å². The van der Waals surface area contributed by atoms with Crippen LogP contribution < -0.4 is 10.6 Å². The average molecular weight is 296 g/mol. The second-order valence-electron chi connectivity index (χ2n) is 5.37. The van der Waals surface area contributed by atoms with Gasteiger partial charge < -0.3 is 15.4 Å². The molecule has 1 aromatic heterocycles. The molecule has 0 aliphatic rings. The minimum atomic E-state index is -0.519. The summed E-state index contributed by atoms with van der Waals surface area (Å²) in [5, 5.41) is 16.2. The second-order valence-corrected chi connectivity index (χ2v) is 5.37. The Morgan fingerprint density at radius 2 is 2.14 bits per heavy atom. The zero-order valence-electron chi connectivity index (χ0n) is 12.4. The minimum absolute atomic E-state index is 0.0145. The van der Waals surface area contributed by atoms with E-state index in [4.69, 9.17) is 4.74 Å². The number of alkyl carbamates (subject to hydrolysis) is 1. The van der Waals surface area contributed by atoms with Crippen molar-refractivity contribution in [1.82, 2.24) is 10.3 Å². The molecule has 0 bridgehead atoms. The summed E-state index contributed by atoms with van der Waals surface area (Å²) in [5.41, 5.74) is -0.533.